The van der Waals surface area contributed by atoms with Crippen LogP contribution in [0.15, 0.2) is 0 Å². The Kier molecular flexibility index (Phi) is 3.17. The number of hydrogen-bond acceptors (Lipinski definition) is 4. The average molecular weight is 223 g/mol. The minimum Gasteiger partial charge on any atom is -0.340 e. The number of rotatable bonds is 2. The standard InChI is InChI=1S/C10H17N5O/c1-8-5-3-4-6-15(8)10(16)7-9-11-12-13-14(9)2/h8H,3-7H2,1-2H3. The van der Waals surface area contributed by atoms with E-state index in [1.165, 1.54) is 6.42 Å². The van der Waals surface area contributed by atoms with E-state index in [9.17, 15) is 4.79 Å². The lowest BCUT2D eigenvalue weighted by Crippen LogP contribution is -2.43. The predicted octanol–water partition coefficient (Wildman–Crippen LogP) is 0.154. The van der Waals surface area contributed by atoms with Gasteiger partial charge in [-0.3, -0.25) is 4.79 Å². The molecule has 2 rings (SSSR count). The van der Waals surface area contributed by atoms with Crippen molar-refractivity contribution in [2.45, 2.75) is 38.6 Å². The van der Waals surface area contributed by atoms with Gasteiger partial charge in [0.1, 0.15) is 0 Å². The Morgan fingerprint density at radius 3 is 2.94 bits per heavy atom. The Balaban J connectivity index is 2.00. The zero-order valence-corrected chi connectivity index (χ0v) is 9.76. The Hall–Kier alpha value is -1.46. The summed E-state index contributed by atoms with van der Waals surface area (Å²) >= 11 is 0. The van der Waals surface area contributed by atoms with Gasteiger partial charge >= 0.3 is 0 Å². The molecule has 1 aliphatic heterocycles. The van der Waals surface area contributed by atoms with Gasteiger partial charge in [-0.15, -0.1) is 5.10 Å². The van der Waals surface area contributed by atoms with E-state index in [2.05, 4.69) is 22.4 Å². The van der Waals surface area contributed by atoms with Gasteiger partial charge in [0.05, 0.1) is 6.42 Å². The molecule has 6 nitrogen and oxygen atoms in total. The molecule has 0 radical (unpaired) electrons. The molecule has 1 unspecified atom stereocenters. The van der Waals surface area contributed by atoms with Gasteiger partial charge in [0.15, 0.2) is 5.82 Å². The molecule has 1 aliphatic rings. The van der Waals surface area contributed by atoms with Crippen LogP contribution in [-0.2, 0) is 18.3 Å². The van der Waals surface area contributed by atoms with Crippen LogP contribution >= 0.6 is 0 Å². The Morgan fingerprint density at radius 2 is 2.31 bits per heavy atom. The number of aryl methyl sites for hydroxylation is 1. The molecule has 0 bridgehead atoms. The van der Waals surface area contributed by atoms with Crippen LogP contribution in [0.25, 0.3) is 0 Å². The average Bonchev–Trinajstić information content (AvgIpc) is 2.65. The summed E-state index contributed by atoms with van der Waals surface area (Å²) in [6, 6.07) is 0.349. The number of carbonyl (C=O) groups is 1. The second kappa shape index (κ2) is 4.59. The van der Waals surface area contributed by atoms with Crippen LogP contribution in [0.1, 0.15) is 32.0 Å². The summed E-state index contributed by atoms with van der Waals surface area (Å²) in [7, 11) is 1.75. The van der Waals surface area contributed by atoms with Crippen LogP contribution in [0.2, 0.25) is 0 Å². The number of aromatic nitrogens is 4. The molecule has 1 aromatic rings. The molecule has 1 saturated heterocycles. The fourth-order valence-corrected chi connectivity index (χ4v) is 2.10. The fraction of sp³-hybridized carbons (Fsp3) is 0.800. The SMILES string of the molecule is CC1CCCCN1C(=O)Cc1nnnn1C. The van der Waals surface area contributed by atoms with E-state index in [0.717, 1.165) is 19.4 Å². The molecule has 0 aromatic carbocycles. The third-order valence-electron chi connectivity index (χ3n) is 3.14. The highest BCUT2D eigenvalue weighted by molar-refractivity contribution is 5.78. The smallest absolute Gasteiger partial charge is 0.230 e. The minimum absolute atomic E-state index is 0.130. The van der Waals surface area contributed by atoms with Gasteiger partial charge in [-0.25, -0.2) is 4.68 Å². The molecule has 1 aromatic heterocycles. The molecule has 6 heteroatoms. The van der Waals surface area contributed by atoms with Gasteiger partial charge in [-0.2, -0.15) is 0 Å². The highest BCUT2D eigenvalue weighted by atomic mass is 16.2. The number of piperidine rings is 1. The molecular formula is C10H17N5O. The van der Waals surface area contributed by atoms with E-state index in [1.807, 2.05) is 4.90 Å². The Morgan fingerprint density at radius 1 is 1.50 bits per heavy atom. The highest BCUT2D eigenvalue weighted by Gasteiger charge is 2.24. The summed E-state index contributed by atoms with van der Waals surface area (Å²) in [6.07, 6.45) is 3.72. The molecule has 0 aliphatic carbocycles. The van der Waals surface area contributed by atoms with Crippen molar-refractivity contribution in [3.63, 3.8) is 0 Å². The number of amides is 1. The van der Waals surface area contributed by atoms with Gasteiger partial charge in [0, 0.05) is 19.6 Å². The Labute approximate surface area is 94.6 Å². The largest absolute Gasteiger partial charge is 0.340 e. The first-order valence-corrected chi connectivity index (χ1v) is 5.69. The summed E-state index contributed by atoms with van der Waals surface area (Å²) in [6.45, 7) is 2.97. The molecule has 1 atom stereocenters. The van der Waals surface area contributed by atoms with Crippen LogP contribution in [0.5, 0.6) is 0 Å². The van der Waals surface area contributed by atoms with Gasteiger partial charge in [-0.1, -0.05) is 0 Å². The van der Waals surface area contributed by atoms with E-state index in [4.69, 9.17) is 0 Å². The fourth-order valence-electron chi connectivity index (χ4n) is 2.10. The van der Waals surface area contributed by atoms with Gasteiger partial charge in [0.2, 0.25) is 5.91 Å². The van der Waals surface area contributed by atoms with Crippen LogP contribution < -0.4 is 0 Å². The summed E-state index contributed by atoms with van der Waals surface area (Å²) in [5.74, 6) is 0.757. The monoisotopic (exact) mass is 223 g/mol. The second-order valence-electron chi connectivity index (χ2n) is 4.33. The topological polar surface area (TPSA) is 63.9 Å². The summed E-state index contributed by atoms with van der Waals surface area (Å²) in [4.78, 5) is 14.0. The zero-order valence-electron chi connectivity index (χ0n) is 9.76. The molecule has 0 N–H and O–H groups in total. The number of likely N-dealkylation sites (tertiary alicyclic amines) is 1. The van der Waals surface area contributed by atoms with E-state index < -0.39 is 0 Å². The van der Waals surface area contributed by atoms with Crippen molar-refractivity contribution in [2.75, 3.05) is 6.54 Å². The van der Waals surface area contributed by atoms with Gasteiger partial charge < -0.3 is 4.90 Å². The number of carbonyl (C=O) groups excluding carboxylic acids is 1. The predicted molar refractivity (Wildman–Crippen MR) is 57.5 cm³/mol. The van der Waals surface area contributed by atoms with Crippen molar-refractivity contribution in [3.8, 4) is 0 Å². The van der Waals surface area contributed by atoms with Crippen LogP contribution in [0.3, 0.4) is 0 Å². The molecule has 16 heavy (non-hydrogen) atoms. The van der Waals surface area contributed by atoms with E-state index in [1.54, 1.807) is 11.7 Å². The molecule has 1 fully saturated rings. The number of nitrogens with zero attached hydrogens (tertiary/aromatic N) is 5. The first-order valence-electron chi connectivity index (χ1n) is 5.69. The van der Waals surface area contributed by atoms with Crippen molar-refractivity contribution in [1.82, 2.24) is 25.1 Å². The Bertz CT molecular complexity index is 375. The number of hydrogen-bond donors (Lipinski definition) is 0. The quantitative estimate of drug-likeness (QED) is 0.716. The van der Waals surface area contributed by atoms with E-state index >= 15 is 0 Å². The third-order valence-corrected chi connectivity index (χ3v) is 3.14. The summed E-state index contributed by atoms with van der Waals surface area (Å²) in [5, 5.41) is 11.1. The van der Waals surface area contributed by atoms with E-state index in [0.29, 0.717) is 18.3 Å². The molecule has 88 valence electrons. The normalized spacial score (nSPS) is 21.1. The van der Waals surface area contributed by atoms with Crippen molar-refractivity contribution < 1.29 is 4.79 Å². The van der Waals surface area contributed by atoms with Crippen molar-refractivity contribution in [2.24, 2.45) is 7.05 Å². The lowest BCUT2D eigenvalue weighted by atomic mass is 10.0. The van der Waals surface area contributed by atoms with Crippen molar-refractivity contribution in [1.29, 1.82) is 0 Å². The first kappa shape index (κ1) is 11.0. The molecule has 0 spiro atoms. The van der Waals surface area contributed by atoms with Gasteiger partial charge in [0.25, 0.3) is 0 Å². The summed E-state index contributed by atoms with van der Waals surface area (Å²) in [5.41, 5.74) is 0. The number of tetrazole rings is 1. The van der Waals surface area contributed by atoms with Crippen LogP contribution in [-0.4, -0.2) is 43.6 Å². The van der Waals surface area contributed by atoms with Crippen LogP contribution in [0.4, 0.5) is 0 Å². The third kappa shape index (κ3) is 2.20. The van der Waals surface area contributed by atoms with Crippen molar-refractivity contribution in [3.05, 3.63) is 5.82 Å². The van der Waals surface area contributed by atoms with Crippen molar-refractivity contribution >= 4 is 5.91 Å². The zero-order chi connectivity index (χ0) is 11.5. The molecule has 1 amide bonds. The van der Waals surface area contributed by atoms with Gasteiger partial charge in [-0.05, 0) is 36.6 Å². The maximum atomic E-state index is 12.0. The van der Waals surface area contributed by atoms with E-state index in [-0.39, 0.29) is 5.91 Å². The first-order chi connectivity index (χ1) is 7.68. The second-order valence-corrected chi connectivity index (χ2v) is 4.33. The maximum absolute atomic E-state index is 12.0. The molecular weight excluding hydrogens is 206 g/mol. The molecule has 0 saturated carbocycles. The highest BCUT2D eigenvalue weighted by Crippen LogP contribution is 2.17. The van der Waals surface area contributed by atoms with Crippen LogP contribution in [0, 0.1) is 0 Å². The lowest BCUT2D eigenvalue weighted by molar-refractivity contribution is -0.133. The molecule has 2 heterocycles. The summed E-state index contributed by atoms with van der Waals surface area (Å²) < 4.78 is 1.55. The lowest BCUT2D eigenvalue weighted by Gasteiger charge is -2.33. The minimum atomic E-state index is 0.130. The maximum Gasteiger partial charge on any atom is 0.230 e.